The van der Waals surface area contributed by atoms with Crippen molar-refractivity contribution in [1.82, 2.24) is 4.57 Å². The molecular weight excluding hydrogens is 254 g/mol. The van der Waals surface area contributed by atoms with Crippen LogP contribution in [0.3, 0.4) is 0 Å². The average Bonchev–Trinajstić information content (AvgIpc) is 2.51. The molecule has 0 amide bonds. The summed E-state index contributed by atoms with van der Waals surface area (Å²) in [5.41, 5.74) is 1.11. The molecule has 2 N–H and O–H groups in total. The highest BCUT2D eigenvalue weighted by molar-refractivity contribution is 7.86. The summed E-state index contributed by atoms with van der Waals surface area (Å²) in [7, 11) is -4.28. The third-order valence-corrected chi connectivity index (χ3v) is 3.91. The Morgan fingerprint density at radius 3 is 2.50 bits per heavy atom. The Labute approximate surface area is 105 Å². The lowest BCUT2D eigenvalue weighted by Crippen LogP contribution is -2.13. The van der Waals surface area contributed by atoms with E-state index >= 15 is 0 Å². The van der Waals surface area contributed by atoms with E-state index in [9.17, 15) is 18.1 Å². The number of aliphatic hydroxyl groups is 1. The minimum atomic E-state index is -4.28. The first-order valence-electron chi connectivity index (χ1n) is 5.55. The molecule has 1 aromatic carbocycles. The minimum absolute atomic E-state index is 0.0845. The Morgan fingerprint density at radius 1 is 1.33 bits per heavy atom. The van der Waals surface area contributed by atoms with Gasteiger partial charge in [-0.1, -0.05) is 18.2 Å². The normalized spacial score (nSPS) is 14.0. The van der Waals surface area contributed by atoms with Crippen molar-refractivity contribution in [2.75, 3.05) is 0 Å². The van der Waals surface area contributed by atoms with Crippen LogP contribution in [0.1, 0.15) is 12.6 Å². The van der Waals surface area contributed by atoms with Crippen LogP contribution >= 0.6 is 0 Å². The highest BCUT2D eigenvalue weighted by Gasteiger charge is 2.23. The molecule has 2 rings (SSSR count). The van der Waals surface area contributed by atoms with Crippen LogP contribution in [0.25, 0.3) is 10.9 Å². The molecule has 1 atom stereocenters. The minimum Gasteiger partial charge on any atom is -0.392 e. The highest BCUT2D eigenvalue weighted by Crippen LogP contribution is 2.29. The van der Waals surface area contributed by atoms with Crippen molar-refractivity contribution in [1.29, 1.82) is 0 Å². The molecule has 18 heavy (non-hydrogen) atoms. The van der Waals surface area contributed by atoms with Crippen molar-refractivity contribution >= 4 is 21.0 Å². The van der Waals surface area contributed by atoms with Gasteiger partial charge in [-0.3, -0.25) is 4.55 Å². The van der Waals surface area contributed by atoms with E-state index in [1.165, 1.54) is 0 Å². The van der Waals surface area contributed by atoms with Gasteiger partial charge in [0.15, 0.2) is 0 Å². The van der Waals surface area contributed by atoms with Crippen molar-refractivity contribution < 1.29 is 18.1 Å². The predicted molar refractivity (Wildman–Crippen MR) is 68.2 cm³/mol. The predicted octanol–water partition coefficient (Wildman–Crippen LogP) is 1.58. The van der Waals surface area contributed by atoms with Crippen molar-refractivity contribution in [3.05, 3.63) is 30.0 Å². The van der Waals surface area contributed by atoms with Gasteiger partial charge in [-0.05, 0) is 19.9 Å². The summed E-state index contributed by atoms with van der Waals surface area (Å²) in [6.45, 7) is 3.52. The zero-order chi connectivity index (χ0) is 13.5. The van der Waals surface area contributed by atoms with E-state index in [4.69, 9.17) is 0 Å². The van der Waals surface area contributed by atoms with E-state index in [1.807, 2.05) is 0 Å². The van der Waals surface area contributed by atoms with Gasteiger partial charge in [0.2, 0.25) is 0 Å². The van der Waals surface area contributed by atoms with E-state index in [0.29, 0.717) is 16.6 Å². The number of rotatable bonds is 3. The molecule has 0 aliphatic carbocycles. The van der Waals surface area contributed by atoms with Crippen molar-refractivity contribution in [2.45, 2.75) is 31.4 Å². The Morgan fingerprint density at radius 2 is 1.94 bits per heavy atom. The molecule has 0 saturated carbocycles. The molecule has 1 aromatic heterocycles. The molecular formula is C12H15NO4S. The molecule has 0 fully saturated rings. The Balaban J connectivity index is 2.84. The molecule has 0 radical (unpaired) electrons. The maximum Gasteiger partial charge on any atom is 0.296 e. The maximum absolute atomic E-state index is 11.4. The highest BCUT2D eigenvalue weighted by atomic mass is 32.2. The average molecular weight is 269 g/mol. The largest absolute Gasteiger partial charge is 0.392 e. The molecule has 0 spiro atoms. The molecule has 1 heterocycles. The molecule has 0 aliphatic rings. The maximum atomic E-state index is 11.4. The monoisotopic (exact) mass is 269 g/mol. The molecule has 5 nitrogen and oxygen atoms in total. The zero-order valence-electron chi connectivity index (χ0n) is 10.2. The number of aliphatic hydroxyl groups excluding tert-OH is 1. The molecule has 98 valence electrons. The van der Waals surface area contributed by atoms with E-state index in [-0.39, 0.29) is 11.4 Å². The Hall–Kier alpha value is -1.37. The van der Waals surface area contributed by atoms with Gasteiger partial charge in [0, 0.05) is 23.1 Å². The van der Waals surface area contributed by atoms with Crippen LogP contribution in [0.5, 0.6) is 0 Å². The van der Waals surface area contributed by atoms with Gasteiger partial charge >= 0.3 is 0 Å². The van der Waals surface area contributed by atoms with Crippen LogP contribution in [-0.4, -0.2) is 28.7 Å². The second-order valence-electron chi connectivity index (χ2n) is 4.37. The quantitative estimate of drug-likeness (QED) is 0.829. The lowest BCUT2D eigenvalue weighted by Gasteiger charge is -2.10. The number of hydrogen-bond donors (Lipinski definition) is 2. The summed E-state index contributed by atoms with van der Waals surface area (Å²) in [5.74, 6) is 0. The number of nitrogens with zero attached hydrogens (tertiary/aromatic N) is 1. The standard InChI is InChI=1S/C12H15NO4S/c1-8(14)7-13-9(2)12(18(15,16)17)10-5-3-4-6-11(10)13/h3-6,8,14H,7H2,1-2H3,(H,15,16,17). The van der Waals surface area contributed by atoms with Crippen LogP contribution in [0, 0.1) is 6.92 Å². The Bertz CT molecular complexity index is 685. The third kappa shape index (κ3) is 2.14. The number of hydrogen-bond acceptors (Lipinski definition) is 3. The van der Waals surface area contributed by atoms with E-state index in [2.05, 4.69) is 0 Å². The number of aromatic nitrogens is 1. The summed E-state index contributed by atoms with van der Waals surface area (Å²) in [5, 5.41) is 9.94. The lowest BCUT2D eigenvalue weighted by molar-refractivity contribution is 0.174. The SMILES string of the molecule is Cc1c(S(=O)(=O)O)c2ccccc2n1CC(C)O. The molecule has 1 unspecified atom stereocenters. The zero-order valence-corrected chi connectivity index (χ0v) is 11.0. The Kier molecular flexibility index (Phi) is 3.18. The van der Waals surface area contributed by atoms with Gasteiger partial charge in [-0.25, -0.2) is 0 Å². The summed E-state index contributed by atoms with van der Waals surface area (Å²) in [6, 6.07) is 6.90. The van der Waals surface area contributed by atoms with E-state index in [0.717, 1.165) is 0 Å². The summed E-state index contributed by atoms with van der Waals surface area (Å²) in [6.07, 6.45) is -0.603. The van der Waals surface area contributed by atoms with Gasteiger partial charge < -0.3 is 9.67 Å². The fourth-order valence-corrected chi connectivity index (χ4v) is 3.16. The topological polar surface area (TPSA) is 79.5 Å². The number of benzene rings is 1. The van der Waals surface area contributed by atoms with Crippen LogP contribution in [0.15, 0.2) is 29.2 Å². The molecule has 0 aliphatic heterocycles. The van der Waals surface area contributed by atoms with Crippen molar-refractivity contribution in [2.24, 2.45) is 0 Å². The lowest BCUT2D eigenvalue weighted by atomic mass is 10.2. The number of fused-ring (bicyclic) bond motifs is 1. The first-order valence-corrected chi connectivity index (χ1v) is 6.99. The molecule has 2 aromatic rings. The summed E-state index contributed by atoms with van der Waals surface area (Å²) in [4.78, 5) is -0.0845. The van der Waals surface area contributed by atoms with Crippen LogP contribution in [0.4, 0.5) is 0 Å². The van der Waals surface area contributed by atoms with Gasteiger partial charge in [0.05, 0.1) is 6.10 Å². The van der Waals surface area contributed by atoms with Crippen LogP contribution in [0.2, 0.25) is 0 Å². The molecule has 0 bridgehead atoms. The molecule has 0 saturated heterocycles. The second-order valence-corrected chi connectivity index (χ2v) is 5.72. The summed E-state index contributed by atoms with van der Waals surface area (Å²) >= 11 is 0. The van der Waals surface area contributed by atoms with Crippen molar-refractivity contribution in [3.8, 4) is 0 Å². The van der Waals surface area contributed by atoms with Crippen molar-refractivity contribution in [3.63, 3.8) is 0 Å². The summed E-state index contributed by atoms with van der Waals surface area (Å²) < 4.78 is 33.9. The fraction of sp³-hybridized carbons (Fsp3) is 0.333. The van der Waals surface area contributed by atoms with Crippen LogP contribution in [-0.2, 0) is 16.7 Å². The first kappa shape index (κ1) is 13.1. The van der Waals surface area contributed by atoms with Gasteiger partial charge in [-0.15, -0.1) is 0 Å². The number of para-hydroxylation sites is 1. The van der Waals surface area contributed by atoms with Gasteiger partial charge in [0.25, 0.3) is 10.1 Å². The van der Waals surface area contributed by atoms with Crippen LogP contribution < -0.4 is 0 Å². The molecule has 6 heteroatoms. The first-order chi connectivity index (χ1) is 8.32. The van der Waals surface area contributed by atoms with E-state index < -0.39 is 16.2 Å². The third-order valence-electron chi connectivity index (χ3n) is 2.88. The smallest absolute Gasteiger partial charge is 0.296 e. The van der Waals surface area contributed by atoms with Gasteiger partial charge in [-0.2, -0.15) is 8.42 Å². The fourth-order valence-electron chi connectivity index (χ4n) is 2.22. The van der Waals surface area contributed by atoms with Gasteiger partial charge in [0.1, 0.15) is 4.90 Å². The second kappa shape index (κ2) is 4.38. The van der Waals surface area contributed by atoms with E-state index in [1.54, 1.807) is 42.7 Å².